The van der Waals surface area contributed by atoms with Gasteiger partial charge in [0.1, 0.15) is 6.04 Å². The molecule has 9 heteroatoms. The minimum Gasteiger partial charge on any atom is -0.361 e. The fourth-order valence-electron chi connectivity index (χ4n) is 5.55. The number of hydrogen-bond acceptors (Lipinski definition) is 4. The molecule has 1 aliphatic rings. The molecule has 1 aliphatic heterocycles. The summed E-state index contributed by atoms with van der Waals surface area (Å²) in [4.78, 5) is 49.2. The molecule has 224 valence electrons. The Kier molecular flexibility index (Phi) is 9.41. The number of aromatic amines is 1. The first-order valence-corrected chi connectivity index (χ1v) is 14.8. The fourth-order valence-corrected chi connectivity index (χ4v) is 5.55. The van der Waals surface area contributed by atoms with Gasteiger partial charge in [0.25, 0.3) is 5.91 Å². The van der Waals surface area contributed by atoms with Crippen molar-refractivity contribution >= 4 is 34.4 Å². The summed E-state index contributed by atoms with van der Waals surface area (Å²) in [5.41, 5.74) is 4.38. The van der Waals surface area contributed by atoms with Crippen molar-refractivity contribution in [3.63, 3.8) is 0 Å². The number of carbonyl (C=O) groups is 3. The molecule has 2 atom stereocenters. The highest BCUT2D eigenvalue weighted by Gasteiger charge is 2.32. The Balaban J connectivity index is 1.31. The van der Waals surface area contributed by atoms with Crippen LogP contribution >= 0.6 is 0 Å². The highest BCUT2D eigenvalue weighted by Crippen LogP contribution is 2.28. The largest absolute Gasteiger partial charge is 0.361 e. The second-order valence-corrected chi connectivity index (χ2v) is 11.4. The predicted octanol–water partition coefficient (Wildman–Crippen LogP) is 4.55. The lowest BCUT2D eigenvalue weighted by atomic mass is 9.92. The van der Waals surface area contributed by atoms with E-state index in [2.05, 4.69) is 26.6 Å². The summed E-state index contributed by atoms with van der Waals surface area (Å²) in [6, 6.07) is 23.8. The molecule has 3 aromatic carbocycles. The average molecular weight is 581 g/mol. The zero-order valence-electron chi connectivity index (χ0n) is 25.0. The molecule has 3 N–H and O–H groups in total. The van der Waals surface area contributed by atoms with Crippen LogP contribution in [0.25, 0.3) is 10.9 Å². The van der Waals surface area contributed by atoms with Crippen LogP contribution in [0.15, 0.2) is 85.1 Å². The van der Waals surface area contributed by atoms with Gasteiger partial charge in [0.2, 0.25) is 5.91 Å². The number of para-hydroxylation sites is 1. The van der Waals surface area contributed by atoms with Crippen molar-refractivity contribution in [3.05, 3.63) is 102 Å². The summed E-state index contributed by atoms with van der Waals surface area (Å²) in [6.07, 6.45) is 2.78. The van der Waals surface area contributed by atoms with Crippen LogP contribution in [0, 0.1) is 0 Å². The molecular formula is C34H40N6O3. The molecule has 1 aromatic heterocycles. The lowest BCUT2D eigenvalue weighted by molar-refractivity contribution is -0.118. The van der Waals surface area contributed by atoms with Gasteiger partial charge in [-0.25, -0.2) is 4.79 Å². The van der Waals surface area contributed by atoms with Crippen LogP contribution in [0.4, 0.5) is 10.5 Å². The number of urea groups is 1. The summed E-state index contributed by atoms with van der Waals surface area (Å²) in [5, 5.41) is 7.12. The minimum atomic E-state index is -0.832. The third kappa shape index (κ3) is 7.24. The van der Waals surface area contributed by atoms with Crippen LogP contribution in [0.1, 0.15) is 34.3 Å². The highest BCUT2D eigenvalue weighted by molar-refractivity contribution is 5.98. The maximum absolute atomic E-state index is 13.9. The number of H-pyrrole nitrogens is 1. The maximum atomic E-state index is 13.9. The molecule has 4 aromatic rings. The van der Waals surface area contributed by atoms with E-state index in [9.17, 15) is 14.4 Å². The molecule has 0 spiro atoms. The SMILES string of the molecule is CC(c1c[nH]c2ccccc12)C(NC(=O)N1CCN(C(=O)c2ccccc2)CC1)C(=O)Nc1cccc(CCN(C)C)c1. The first-order chi connectivity index (χ1) is 20.8. The number of likely N-dealkylation sites (N-methyl/N-ethyl adjacent to an activating group) is 1. The van der Waals surface area contributed by atoms with E-state index in [0.29, 0.717) is 37.4 Å². The van der Waals surface area contributed by atoms with E-state index in [1.54, 1.807) is 21.9 Å². The van der Waals surface area contributed by atoms with Gasteiger partial charge in [-0.2, -0.15) is 0 Å². The van der Waals surface area contributed by atoms with Crippen molar-refractivity contribution in [3.8, 4) is 0 Å². The van der Waals surface area contributed by atoms with E-state index in [4.69, 9.17) is 0 Å². The number of nitrogens with zero attached hydrogens (tertiary/aromatic N) is 3. The van der Waals surface area contributed by atoms with Crippen LogP contribution in [-0.2, 0) is 11.2 Å². The molecule has 0 radical (unpaired) electrons. The lowest BCUT2D eigenvalue weighted by Crippen LogP contribution is -2.57. The molecule has 9 nitrogen and oxygen atoms in total. The number of aromatic nitrogens is 1. The molecule has 2 unspecified atom stereocenters. The normalized spacial score (nSPS) is 14.9. The summed E-state index contributed by atoms with van der Waals surface area (Å²) >= 11 is 0. The Labute approximate surface area is 252 Å². The number of carbonyl (C=O) groups excluding carboxylic acids is 3. The van der Waals surface area contributed by atoms with Gasteiger partial charge in [0.15, 0.2) is 0 Å². The monoisotopic (exact) mass is 580 g/mol. The van der Waals surface area contributed by atoms with Gasteiger partial charge in [0, 0.05) is 67.0 Å². The number of benzene rings is 3. The van der Waals surface area contributed by atoms with E-state index in [-0.39, 0.29) is 23.8 Å². The smallest absolute Gasteiger partial charge is 0.318 e. The Morgan fingerprint density at radius 1 is 0.884 bits per heavy atom. The van der Waals surface area contributed by atoms with Crippen LogP contribution in [0.2, 0.25) is 0 Å². The second-order valence-electron chi connectivity index (χ2n) is 11.4. The van der Waals surface area contributed by atoms with Crippen LogP contribution < -0.4 is 10.6 Å². The Morgan fingerprint density at radius 3 is 2.33 bits per heavy atom. The Bertz CT molecular complexity index is 1560. The number of hydrogen-bond donors (Lipinski definition) is 3. The van der Waals surface area contributed by atoms with Crippen molar-refractivity contribution in [2.75, 3.05) is 52.1 Å². The molecule has 1 saturated heterocycles. The number of piperazine rings is 1. The van der Waals surface area contributed by atoms with Gasteiger partial charge in [-0.3, -0.25) is 9.59 Å². The molecule has 4 amide bonds. The number of anilines is 1. The molecule has 43 heavy (non-hydrogen) atoms. The van der Waals surface area contributed by atoms with E-state index in [1.165, 1.54) is 0 Å². The lowest BCUT2D eigenvalue weighted by Gasteiger charge is -2.36. The topological polar surface area (TPSA) is 101 Å². The zero-order chi connectivity index (χ0) is 30.3. The molecule has 0 bridgehead atoms. The highest BCUT2D eigenvalue weighted by atomic mass is 16.2. The third-order valence-corrected chi connectivity index (χ3v) is 8.09. The van der Waals surface area contributed by atoms with Crippen molar-refractivity contribution in [2.45, 2.75) is 25.3 Å². The number of rotatable bonds is 9. The number of amides is 4. The predicted molar refractivity (Wildman–Crippen MR) is 170 cm³/mol. The van der Waals surface area contributed by atoms with Crippen molar-refractivity contribution in [1.82, 2.24) is 25.0 Å². The Hall–Kier alpha value is -4.63. The van der Waals surface area contributed by atoms with Crippen LogP contribution in [0.3, 0.4) is 0 Å². The quantitative estimate of drug-likeness (QED) is 0.270. The summed E-state index contributed by atoms with van der Waals surface area (Å²) in [7, 11) is 4.07. The summed E-state index contributed by atoms with van der Waals surface area (Å²) < 4.78 is 0. The molecule has 1 fully saturated rings. The maximum Gasteiger partial charge on any atom is 0.318 e. The molecule has 0 saturated carbocycles. The van der Waals surface area contributed by atoms with Crippen LogP contribution in [0.5, 0.6) is 0 Å². The van der Waals surface area contributed by atoms with Gasteiger partial charge >= 0.3 is 6.03 Å². The number of fused-ring (bicyclic) bond motifs is 1. The first-order valence-electron chi connectivity index (χ1n) is 14.8. The molecule has 5 rings (SSSR count). The zero-order valence-corrected chi connectivity index (χ0v) is 25.0. The fraction of sp³-hybridized carbons (Fsp3) is 0.324. The third-order valence-electron chi connectivity index (χ3n) is 8.09. The van der Waals surface area contributed by atoms with Gasteiger partial charge in [-0.05, 0) is 62.0 Å². The van der Waals surface area contributed by atoms with Gasteiger partial charge in [-0.15, -0.1) is 0 Å². The van der Waals surface area contributed by atoms with Crippen molar-refractivity contribution in [2.24, 2.45) is 0 Å². The molecular weight excluding hydrogens is 540 g/mol. The van der Waals surface area contributed by atoms with E-state index >= 15 is 0 Å². The average Bonchev–Trinajstić information content (AvgIpc) is 3.47. The summed E-state index contributed by atoms with van der Waals surface area (Å²) in [6.45, 7) is 4.48. The van der Waals surface area contributed by atoms with Gasteiger partial charge < -0.3 is 30.3 Å². The Morgan fingerprint density at radius 2 is 1.58 bits per heavy atom. The van der Waals surface area contributed by atoms with Gasteiger partial charge in [0.05, 0.1) is 0 Å². The van der Waals surface area contributed by atoms with Crippen molar-refractivity contribution < 1.29 is 14.4 Å². The molecule has 0 aliphatic carbocycles. The molecule has 2 heterocycles. The van der Waals surface area contributed by atoms with E-state index in [0.717, 1.165) is 35.0 Å². The summed E-state index contributed by atoms with van der Waals surface area (Å²) in [5.74, 6) is -0.648. The minimum absolute atomic E-state index is 0.0429. The van der Waals surface area contributed by atoms with Crippen LogP contribution in [-0.4, -0.2) is 90.4 Å². The van der Waals surface area contributed by atoms with E-state index < -0.39 is 6.04 Å². The van der Waals surface area contributed by atoms with E-state index in [1.807, 2.05) is 87.9 Å². The standard InChI is InChI=1S/C34H40N6O3/c1-24(29-23-35-30-15-8-7-14-28(29)30)31(32(41)36-27-13-9-10-25(22-27)16-17-38(2)3)37-34(43)40-20-18-39(19-21-40)33(42)26-11-5-4-6-12-26/h4-15,22-24,31,35H,16-21H2,1-3H3,(H,36,41)(H,37,43). The number of nitrogens with one attached hydrogen (secondary N) is 3. The first kappa shape index (κ1) is 29.8. The second kappa shape index (κ2) is 13.6. The van der Waals surface area contributed by atoms with Gasteiger partial charge in [-0.1, -0.05) is 55.5 Å². The van der Waals surface area contributed by atoms with Crippen molar-refractivity contribution in [1.29, 1.82) is 0 Å².